The fraction of sp³-hybridized carbons (Fsp3) is 0.250. The van der Waals surface area contributed by atoms with Crippen molar-refractivity contribution in [2.45, 2.75) is 18.5 Å². The minimum Gasteiger partial charge on any atom is -0.493 e. The minimum atomic E-state index is -0.172. The van der Waals surface area contributed by atoms with Crippen molar-refractivity contribution in [3.8, 4) is 11.5 Å². The van der Waals surface area contributed by atoms with Gasteiger partial charge >= 0.3 is 0 Å². The first-order valence-electron chi connectivity index (χ1n) is 10.1. The fourth-order valence-electron chi connectivity index (χ4n) is 3.55. The number of thioether (sulfide) groups is 1. The van der Waals surface area contributed by atoms with Crippen LogP contribution in [0, 0.1) is 0 Å². The second-order valence-corrected chi connectivity index (χ2v) is 8.33. The van der Waals surface area contributed by atoms with Gasteiger partial charge in [-0.05, 0) is 47.5 Å². The monoisotopic (exact) mass is 452 g/mol. The lowest BCUT2D eigenvalue weighted by atomic mass is 10.1. The summed E-state index contributed by atoms with van der Waals surface area (Å²) in [4.78, 5) is 26.8. The standard InChI is InChI=1S/C24H24N2O5S/c1-29-20-10-5-16(12-21(20)30-2)13-25-23(28)17-6-8-18(9-7-17)24-26(22(27)15-32-24)14-19-4-3-11-31-19/h3-12,24H,13-15H2,1-2H3,(H,25,28). The summed E-state index contributed by atoms with van der Waals surface area (Å²) in [5.74, 6) is 2.34. The van der Waals surface area contributed by atoms with Crippen LogP contribution in [-0.4, -0.2) is 36.7 Å². The zero-order chi connectivity index (χ0) is 22.5. The van der Waals surface area contributed by atoms with E-state index in [0.29, 0.717) is 35.9 Å². The zero-order valence-electron chi connectivity index (χ0n) is 17.9. The molecule has 166 valence electrons. The van der Waals surface area contributed by atoms with Gasteiger partial charge in [-0.25, -0.2) is 0 Å². The highest BCUT2D eigenvalue weighted by Gasteiger charge is 2.33. The SMILES string of the molecule is COc1ccc(CNC(=O)c2ccc(C3SCC(=O)N3Cc3ccco3)cc2)cc1OC. The first kappa shape index (κ1) is 21.8. The Balaban J connectivity index is 1.39. The number of benzene rings is 2. The maximum atomic E-state index is 12.6. The second kappa shape index (κ2) is 9.82. The molecule has 1 atom stereocenters. The third-order valence-corrected chi connectivity index (χ3v) is 6.49. The van der Waals surface area contributed by atoms with E-state index in [-0.39, 0.29) is 17.2 Å². The van der Waals surface area contributed by atoms with Crippen LogP contribution in [0.3, 0.4) is 0 Å². The van der Waals surface area contributed by atoms with Crippen LogP contribution in [0.1, 0.15) is 32.6 Å². The number of hydrogen-bond donors (Lipinski definition) is 1. The molecule has 3 aromatic rings. The third-order valence-electron chi connectivity index (χ3n) is 5.23. The van der Waals surface area contributed by atoms with Crippen molar-refractivity contribution in [1.29, 1.82) is 0 Å². The largest absolute Gasteiger partial charge is 0.493 e. The molecule has 8 heteroatoms. The van der Waals surface area contributed by atoms with Crippen LogP contribution in [0.25, 0.3) is 0 Å². The van der Waals surface area contributed by atoms with E-state index >= 15 is 0 Å². The number of amides is 2. The maximum Gasteiger partial charge on any atom is 0.251 e. The van der Waals surface area contributed by atoms with E-state index in [1.807, 2.05) is 42.5 Å². The first-order chi connectivity index (χ1) is 15.6. The van der Waals surface area contributed by atoms with Crippen LogP contribution in [0.5, 0.6) is 11.5 Å². The molecule has 1 aliphatic rings. The van der Waals surface area contributed by atoms with Gasteiger partial charge in [0, 0.05) is 12.1 Å². The molecular weight excluding hydrogens is 428 g/mol. The van der Waals surface area contributed by atoms with Gasteiger partial charge in [-0.1, -0.05) is 18.2 Å². The minimum absolute atomic E-state index is 0.0770. The van der Waals surface area contributed by atoms with Crippen molar-refractivity contribution in [3.63, 3.8) is 0 Å². The molecule has 1 aliphatic heterocycles. The van der Waals surface area contributed by atoms with Crippen molar-refractivity contribution in [1.82, 2.24) is 10.2 Å². The summed E-state index contributed by atoms with van der Waals surface area (Å²) in [6.07, 6.45) is 1.60. The Bertz CT molecular complexity index is 1080. The average Bonchev–Trinajstić information content (AvgIpc) is 3.47. The third kappa shape index (κ3) is 4.75. The van der Waals surface area contributed by atoms with Crippen molar-refractivity contribution in [3.05, 3.63) is 83.3 Å². The molecule has 1 unspecified atom stereocenters. The molecule has 0 radical (unpaired) electrons. The van der Waals surface area contributed by atoms with Gasteiger partial charge in [-0.15, -0.1) is 11.8 Å². The fourth-order valence-corrected chi connectivity index (χ4v) is 4.73. The van der Waals surface area contributed by atoms with E-state index in [4.69, 9.17) is 13.9 Å². The van der Waals surface area contributed by atoms with Crippen LogP contribution < -0.4 is 14.8 Å². The van der Waals surface area contributed by atoms with Gasteiger partial charge in [0.2, 0.25) is 5.91 Å². The molecule has 4 rings (SSSR count). The van der Waals surface area contributed by atoms with Crippen molar-refractivity contribution >= 4 is 23.6 Å². The summed E-state index contributed by atoms with van der Waals surface area (Å²) in [5, 5.41) is 2.82. The predicted octanol–water partition coefficient (Wildman–Crippen LogP) is 4.00. The van der Waals surface area contributed by atoms with Gasteiger partial charge in [0.25, 0.3) is 5.91 Å². The van der Waals surface area contributed by atoms with E-state index in [1.54, 1.807) is 49.3 Å². The summed E-state index contributed by atoms with van der Waals surface area (Å²) < 4.78 is 15.9. The van der Waals surface area contributed by atoms with Crippen molar-refractivity contribution in [2.75, 3.05) is 20.0 Å². The van der Waals surface area contributed by atoms with E-state index in [0.717, 1.165) is 16.9 Å². The molecule has 2 amide bonds. The van der Waals surface area contributed by atoms with Gasteiger partial charge in [-0.3, -0.25) is 9.59 Å². The first-order valence-corrected chi connectivity index (χ1v) is 11.2. The summed E-state index contributed by atoms with van der Waals surface area (Å²) >= 11 is 1.57. The van der Waals surface area contributed by atoms with Gasteiger partial charge in [0.05, 0.1) is 32.8 Å². The summed E-state index contributed by atoms with van der Waals surface area (Å²) in [6.45, 7) is 0.794. The number of nitrogens with zero attached hydrogens (tertiary/aromatic N) is 1. The quantitative estimate of drug-likeness (QED) is 0.556. The highest BCUT2D eigenvalue weighted by Crippen LogP contribution is 2.39. The normalized spacial score (nSPS) is 15.6. The Morgan fingerprint density at radius 3 is 2.59 bits per heavy atom. The number of ether oxygens (including phenoxy) is 2. The number of nitrogens with one attached hydrogen (secondary N) is 1. The lowest BCUT2D eigenvalue weighted by molar-refractivity contribution is -0.128. The molecular formula is C24H24N2O5S. The van der Waals surface area contributed by atoms with Crippen LogP contribution in [0.4, 0.5) is 0 Å². The molecule has 0 spiro atoms. The maximum absolute atomic E-state index is 12.6. The molecule has 1 saturated heterocycles. The lowest BCUT2D eigenvalue weighted by Crippen LogP contribution is -2.27. The molecule has 2 aromatic carbocycles. The van der Waals surface area contributed by atoms with Crippen LogP contribution in [0.2, 0.25) is 0 Å². The van der Waals surface area contributed by atoms with Crippen molar-refractivity contribution in [2.24, 2.45) is 0 Å². The highest BCUT2D eigenvalue weighted by molar-refractivity contribution is 8.00. The zero-order valence-corrected chi connectivity index (χ0v) is 18.7. The Labute approximate surface area is 190 Å². The molecule has 0 aliphatic carbocycles. The van der Waals surface area contributed by atoms with Crippen molar-refractivity contribution < 1.29 is 23.5 Å². The second-order valence-electron chi connectivity index (χ2n) is 7.26. The van der Waals surface area contributed by atoms with E-state index in [9.17, 15) is 9.59 Å². The average molecular weight is 453 g/mol. The molecule has 0 saturated carbocycles. The smallest absolute Gasteiger partial charge is 0.251 e. The lowest BCUT2D eigenvalue weighted by Gasteiger charge is -2.23. The predicted molar refractivity (Wildman–Crippen MR) is 122 cm³/mol. The van der Waals surface area contributed by atoms with Crippen LogP contribution in [-0.2, 0) is 17.9 Å². The van der Waals surface area contributed by atoms with Gasteiger partial charge in [-0.2, -0.15) is 0 Å². The van der Waals surface area contributed by atoms with E-state index < -0.39 is 0 Å². The number of carbonyl (C=O) groups is 2. The summed E-state index contributed by atoms with van der Waals surface area (Å²) in [7, 11) is 3.16. The van der Waals surface area contributed by atoms with E-state index in [1.165, 1.54) is 0 Å². The van der Waals surface area contributed by atoms with Gasteiger partial charge in [0.1, 0.15) is 11.1 Å². The molecule has 1 fully saturated rings. The number of rotatable bonds is 8. The molecule has 32 heavy (non-hydrogen) atoms. The number of hydrogen-bond acceptors (Lipinski definition) is 6. The topological polar surface area (TPSA) is 81.0 Å². The van der Waals surface area contributed by atoms with Crippen LogP contribution >= 0.6 is 11.8 Å². The number of methoxy groups -OCH3 is 2. The summed E-state index contributed by atoms with van der Waals surface area (Å²) in [5.41, 5.74) is 2.44. The highest BCUT2D eigenvalue weighted by atomic mass is 32.2. The molecule has 1 aromatic heterocycles. The Morgan fingerprint density at radius 1 is 1.12 bits per heavy atom. The number of carbonyl (C=O) groups excluding carboxylic acids is 2. The Kier molecular flexibility index (Phi) is 6.70. The summed E-state index contributed by atoms with van der Waals surface area (Å²) in [6, 6.07) is 16.6. The Morgan fingerprint density at radius 2 is 1.91 bits per heavy atom. The molecule has 1 N–H and O–H groups in total. The van der Waals surface area contributed by atoms with E-state index in [2.05, 4.69) is 5.32 Å². The van der Waals surface area contributed by atoms with Gasteiger partial charge in [0.15, 0.2) is 11.5 Å². The molecule has 7 nitrogen and oxygen atoms in total. The van der Waals surface area contributed by atoms with Crippen LogP contribution in [0.15, 0.2) is 65.3 Å². The molecule has 2 heterocycles. The molecule has 0 bridgehead atoms. The van der Waals surface area contributed by atoms with Gasteiger partial charge < -0.3 is 24.1 Å². The Hall–Kier alpha value is -3.39. The number of furan rings is 1.